The number of nitrogens with zero attached hydrogens (tertiary/aromatic N) is 4. The molecule has 2 aliphatic rings. The third-order valence-electron chi connectivity index (χ3n) is 6.42. The number of aromatic nitrogens is 4. The van der Waals surface area contributed by atoms with E-state index in [-0.39, 0.29) is 24.1 Å². The van der Waals surface area contributed by atoms with Crippen LogP contribution in [0, 0.1) is 13.8 Å². The Morgan fingerprint density at radius 3 is 2.60 bits per heavy atom. The number of benzene rings is 1. The maximum atomic E-state index is 13.4. The average molecular weight is 406 g/mol. The van der Waals surface area contributed by atoms with Crippen molar-refractivity contribution in [3.8, 4) is 5.69 Å². The second-order valence-corrected chi connectivity index (χ2v) is 8.76. The van der Waals surface area contributed by atoms with Crippen molar-refractivity contribution in [2.75, 3.05) is 0 Å². The minimum Gasteiger partial charge on any atom is -0.352 e. The van der Waals surface area contributed by atoms with Crippen molar-refractivity contribution >= 4 is 16.8 Å². The highest BCUT2D eigenvalue weighted by Crippen LogP contribution is 2.41. The number of amides is 1. The molecule has 0 unspecified atom stereocenters. The van der Waals surface area contributed by atoms with Crippen molar-refractivity contribution in [2.24, 2.45) is 0 Å². The second kappa shape index (κ2) is 7.38. The predicted molar refractivity (Wildman–Crippen MR) is 115 cm³/mol. The lowest BCUT2D eigenvalue weighted by atomic mass is 10.1. The highest BCUT2D eigenvalue weighted by Gasteiger charge is 2.30. The van der Waals surface area contributed by atoms with Crippen LogP contribution in [0.25, 0.3) is 16.6 Å². The van der Waals surface area contributed by atoms with E-state index in [1.807, 2.05) is 25.1 Å². The first-order valence-corrected chi connectivity index (χ1v) is 10.9. The molecule has 2 aliphatic carbocycles. The zero-order chi connectivity index (χ0) is 20.8. The lowest BCUT2D eigenvalue weighted by Crippen LogP contribution is -2.38. The van der Waals surface area contributed by atoms with Gasteiger partial charge >= 0.3 is 0 Å². The molecule has 7 heteroatoms. The molecule has 1 aromatic carbocycles. The predicted octanol–water partition coefficient (Wildman–Crippen LogP) is 3.14. The number of fused-ring (bicyclic) bond motifs is 1. The Bertz CT molecular complexity index is 1180. The van der Waals surface area contributed by atoms with Crippen LogP contribution in [0.15, 0.2) is 29.2 Å². The summed E-state index contributed by atoms with van der Waals surface area (Å²) >= 11 is 0. The fourth-order valence-corrected chi connectivity index (χ4v) is 4.39. The third-order valence-corrected chi connectivity index (χ3v) is 6.42. The van der Waals surface area contributed by atoms with Crippen LogP contribution in [-0.4, -0.2) is 31.5 Å². The van der Waals surface area contributed by atoms with Gasteiger partial charge in [0.05, 0.1) is 17.6 Å². The average Bonchev–Trinajstić information content (AvgIpc) is 3.25. The van der Waals surface area contributed by atoms with Gasteiger partial charge < -0.3 is 5.32 Å². The highest BCUT2D eigenvalue weighted by atomic mass is 16.2. The summed E-state index contributed by atoms with van der Waals surface area (Å²) in [7, 11) is 0. The summed E-state index contributed by atoms with van der Waals surface area (Å²) in [6.07, 6.45) is 8.19. The van der Waals surface area contributed by atoms with E-state index >= 15 is 0 Å². The molecule has 2 fully saturated rings. The Balaban J connectivity index is 1.57. The quantitative estimate of drug-likeness (QED) is 0.707. The first kappa shape index (κ1) is 19.0. The fourth-order valence-electron chi connectivity index (χ4n) is 4.39. The summed E-state index contributed by atoms with van der Waals surface area (Å²) < 4.78 is 3.03. The molecule has 5 rings (SSSR count). The van der Waals surface area contributed by atoms with E-state index in [9.17, 15) is 9.59 Å². The smallest absolute Gasteiger partial charge is 0.293 e. The van der Waals surface area contributed by atoms with Gasteiger partial charge in [-0.3, -0.25) is 9.59 Å². The summed E-state index contributed by atoms with van der Waals surface area (Å²) in [4.78, 5) is 26.0. The van der Waals surface area contributed by atoms with Gasteiger partial charge in [-0.15, -0.1) is 0 Å². The summed E-state index contributed by atoms with van der Waals surface area (Å²) in [5.74, 6) is 0.199. The zero-order valence-electron chi connectivity index (χ0n) is 17.5. The fraction of sp³-hybridized carbons (Fsp3) is 0.478. The number of rotatable bonds is 5. The van der Waals surface area contributed by atoms with Crippen LogP contribution in [0.5, 0.6) is 0 Å². The van der Waals surface area contributed by atoms with Crippen LogP contribution in [-0.2, 0) is 11.3 Å². The molecule has 0 spiro atoms. The monoisotopic (exact) mass is 405 g/mol. The topological polar surface area (TPSA) is 81.8 Å². The minimum absolute atomic E-state index is 0.0525. The Morgan fingerprint density at radius 1 is 1.13 bits per heavy atom. The molecule has 30 heavy (non-hydrogen) atoms. The van der Waals surface area contributed by atoms with Gasteiger partial charge in [0.2, 0.25) is 5.91 Å². The van der Waals surface area contributed by atoms with Gasteiger partial charge in [-0.25, -0.2) is 9.36 Å². The summed E-state index contributed by atoms with van der Waals surface area (Å²) in [5, 5.41) is 13.0. The molecule has 156 valence electrons. The molecule has 0 bridgehead atoms. The molecule has 0 atom stereocenters. The largest absolute Gasteiger partial charge is 0.352 e. The van der Waals surface area contributed by atoms with Crippen LogP contribution >= 0.6 is 0 Å². The van der Waals surface area contributed by atoms with E-state index in [0.717, 1.165) is 60.9 Å². The normalized spacial score (nSPS) is 17.0. The molecule has 0 radical (unpaired) electrons. The highest BCUT2D eigenvalue weighted by molar-refractivity contribution is 5.83. The van der Waals surface area contributed by atoms with Gasteiger partial charge in [0, 0.05) is 17.3 Å². The molecular formula is C23H27N5O2. The molecule has 0 aliphatic heterocycles. The van der Waals surface area contributed by atoms with E-state index < -0.39 is 0 Å². The molecule has 2 aromatic heterocycles. The van der Waals surface area contributed by atoms with Gasteiger partial charge in [0.15, 0.2) is 0 Å². The first-order chi connectivity index (χ1) is 14.5. The summed E-state index contributed by atoms with van der Waals surface area (Å²) in [5.41, 5.74) is 4.30. The molecule has 3 aromatic rings. The van der Waals surface area contributed by atoms with E-state index in [1.165, 1.54) is 10.2 Å². The Hall–Kier alpha value is -2.96. The van der Waals surface area contributed by atoms with Gasteiger partial charge in [0.1, 0.15) is 12.1 Å². The van der Waals surface area contributed by atoms with Crippen molar-refractivity contribution in [1.82, 2.24) is 24.9 Å². The number of nitrogens with one attached hydrogen (secondary N) is 1. The van der Waals surface area contributed by atoms with Gasteiger partial charge in [-0.05, 0) is 62.8 Å². The first-order valence-electron chi connectivity index (χ1n) is 10.9. The number of aryl methyl sites for hydroxylation is 2. The van der Waals surface area contributed by atoms with E-state index in [0.29, 0.717) is 11.4 Å². The van der Waals surface area contributed by atoms with Crippen LogP contribution < -0.4 is 10.9 Å². The lowest BCUT2D eigenvalue weighted by Gasteiger charge is -2.14. The number of carbonyl (C=O) groups is 1. The minimum atomic E-state index is -0.272. The second-order valence-electron chi connectivity index (χ2n) is 8.76. The molecule has 2 saturated carbocycles. The van der Waals surface area contributed by atoms with Gasteiger partial charge in [-0.2, -0.15) is 10.2 Å². The van der Waals surface area contributed by atoms with Crippen LogP contribution in [0.3, 0.4) is 0 Å². The SMILES string of the molecule is Cc1ccc(-n2ncc3c(C4CC4)nn(CC(=O)NC4CCCC4)c(=O)c32)cc1C. The molecule has 0 saturated heterocycles. The maximum absolute atomic E-state index is 13.4. The Labute approximate surface area is 175 Å². The zero-order valence-corrected chi connectivity index (χ0v) is 17.5. The Morgan fingerprint density at radius 2 is 1.90 bits per heavy atom. The number of hydrogen-bond acceptors (Lipinski definition) is 4. The molecule has 2 heterocycles. The number of hydrogen-bond donors (Lipinski definition) is 1. The van der Waals surface area contributed by atoms with E-state index in [2.05, 4.69) is 22.4 Å². The molecule has 1 amide bonds. The van der Waals surface area contributed by atoms with Crippen molar-refractivity contribution in [1.29, 1.82) is 0 Å². The molecular weight excluding hydrogens is 378 g/mol. The van der Waals surface area contributed by atoms with E-state index in [1.54, 1.807) is 10.9 Å². The number of carbonyl (C=O) groups excluding carboxylic acids is 1. The van der Waals surface area contributed by atoms with Crippen molar-refractivity contribution in [3.05, 3.63) is 51.6 Å². The molecule has 1 N–H and O–H groups in total. The summed E-state index contributed by atoms with van der Waals surface area (Å²) in [6.45, 7) is 4.06. The van der Waals surface area contributed by atoms with Crippen molar-refractivity contribution in [3.63, 3.8) is 0 Å². The maximum Gasteiger partial charge on any atom is 0.293 e. The Kier molecular flexibility index (Phi) is 4.68. The van der Waals surface area contributed by atoms with Crippen LogP contribution in [0.1, 0.15) is 61.3 Å². The van der Waals surface area contributed by atoms with Crippen molar-refractivity contribution in [2.45, 2.75) is 70.9 Å². The van der Waals surface area contributed by atoms with Crippen LogP contribution in [0.4, 0.5) is 0 Å². The van der Waals surface area contributed by atoms with Crippen molar-refractivity contribution < 1.29 is 4.79 Å². The summed E-state index contributed by atoms with van der Waals surface area (Å²) in [6, 6.07) is 6.27. The third kappa shape index (κ3) is 3.42. The van der Waals surface area contributed by atoms with E-state index in [4.69, 9.17) is 0 Å². The standard InChI is InChI=1S/C23H27N5O2/c1-14-7-10-18(11-15(14)2)28-22-19(12-24-28)21(16-8-9-16)26-27(23(22)30)13-20(29)25-17-5-3-4-6-17/h7,10-12,16-17H,3-6,8-9,13H2,1-2H3,(H,25,29). The lowest BCUT2D eigenvalue weighted by molar-refractivity contribution is -0.122. The van der Waals surface area contributed by atoms with Gasteiger partial charge in [0.25, 0.3) is 5.56 Å². The molecule has 7 nitrogen and oxygen atoms in total. The van der Waals surface area contributed by atoms with Crippen LogP contribution in [0.2, 0.25) is 0 Å². The van der Waals surface area contributed by atoms with Gasteiger partial charge in [-0.1, -0.05) is 18.9 Å².